The summed E-state index contributed by atoms with van der Waals surface area (Å²) >= 11 is 0. The smallest absolute Gasteiger partial charge is 0.154 e. The molecule has 1 aromatic rings. The molecule has 3 heteroatoms. The lowest BCUT2D eigenvalue weighted by Gasteiger charge is -1.81. The van der Waals surface area contributed by atoms with Crippen molar-refractivity contribution >= 4 is 0 Å². The maximum Gasteiger partial charge on any atom is 0.154 e. The zero-order chi connectivity index (χ0) is 5.82. The summed E-state index contributed by atoms with van der Waals surface area (Å²) in [5.41, 5.74) is 0. The Morgan fingerprint density at radius 3 is 3.25 bits per heavy atom. The van der Waals surface area contributed by atoms with Crippen LogP contribution in [-0.4, -0.2) is 15.2 Å². The average Bonchev–Trinajstić information content (AvgIpc) is 2.19. The highest BCUT2D eigenvalue weighted by Crippen LogP contribution is 1.92. The minimum atomic E-state index is 0.785. The van der Waals surface area contributed by atoms with Crippen molar-refractivity contribution < 1.29 is 0 Å². The molecule has 1 aromatic heterocycles. The molecule has 0 bridgehead atoms. The highest BCUT2D eigenvalue weighted by Gasteiger charge is 1.90. The Hall–Kier alpha value is -0.860. The Balaban J connectivity index is 2.50. The van der Waals surface area contributed by atoms with Crippen LogP contribution in [0.5, 0.6) is 0 Å². The minimum absolute atomic E-state index is 0.785. The first-order valence-electron chi connectivity index (χ1n) is 2.62. The largest absolute Gasteiger partial charge is 0.266 e. The van der Waals surface area contributed by atoms with Gasteiger partial charge in [-0.2, -0.15) is 5.10 Å². The van der Waals surface area contributed by atoms with Crippen molar-refractivity contribution in [2.45, 2.75) is 13.3 Å². The fourth-order valence-electron chi connectivity index (χ4n) is 0.500. The van der Waals surface area contributed by atoms with Gasteiger partial charge >= 0.3 is 0 Å². The first kappa shape index (κ1) is 5.28. The summed E-state index contributed by atoms with van der Waals surface area (Å²) in [7, 11) is 0. The van der Waals surface area contributed by atoms with E-state index in [2.05, 4.69) is 22.1 Å². The Labute approximate surface area is 48.1 Å². The van der Waals surface area contributed by atoms with Crippen LogP contribution in [0.2, 0.25) is 0 Å². The molecule has 1 rings (SSSR count). The van der Waals surface area contributed by atoms with Gasteiger partial charge in [-0.05, 0) is 6.42 Å². The van der Waals surface area contributed by atoms with Gasteiger partial charge in [-0.25, -0.2) is 4.98 Å². The van der Waals surface area contributed by atoms with Crippen LogP contribution in [0.15, 0.2) is 6.33 Å². The Bertz CT molecular complexity index is 133. The SMILES string of the molecule is CC[CH]c1nc[nH]n1. The average molecular weight is 110 g/mol. The molecule has 0 aromatic carbocycles. The zero-order valence-electron chi connectivity index (χ0n) is 4.76. The third-order valence-corrected chi connectivity index (χ3v) is 0.820. The first-order chi connectivity index (χ1) is 3.93. The molecular weight excluding hydrogens is 102 g/mol. The molecular formula is C5H8N3. The van der Waals surface area contributed by atoms with Crippen LogP contribution in [0.25, 0.3) is 0 Å². The lowest BCUT2D eigenvalue weighted by molar-refractivity contribution is 0.993. The topological polar surface area (TPSA) is 41.6 Å². The van der Waals surface area contributed by atoms with E-state index in [1.165, 1.54) is 0 Å². The van der Waals surface area contributed by atoms with Crippen LogP contribution >= 0.6 is 0 Å². The molecule has 0 aliphatic heterocycles. The summed E-state index contributed by atoms with van der Waals surface area (Å²) in [6, 6.07) is 0. The van der Waals surface area contributed by atoms with E-state index in [0.29, 0.717) is 0 Å². The molecule has 0 spiro atoms. The van der Waals surface area contributed by atoms with E-state index in [1.54, 1.807) is 6.33 Å². The molecule has 0 amide bonds. The molecule has 1 heterocycles. The van der Waals surface area contributed by atoms with Crippen molar-refractivity contribution in [3.8, 4) is 0 Å². The second-order valence-corrected chi connectivity index (χ2v) is 1.47. The van der Waals surface area contributed by atoms with Crippen molar-refractivity contribution in [3.05, 3.63) is 18.6 Å². The predicted octanol–water partition coefficient (Wildman–Crippen LogP) is 0.767. The molecule has 1 N–H and O–H groups in total. The summed E-state index contributed by atoms with van der Waals surface area (Å²) in [6.45, 7) is 2.05. The number of H-pyrrole nitrogens is 1. The number of nitrogens with zero attached hydrogens (tertiary/aromatic N) is 2. The predicted molar refractivity (Wildman–Crippen MR) is 30.1 cm³/mol. The van der Waals surface area contributed by atoms with Crippen molar-refractivity contribution in [1.29, 1.82) is 0 Å². The van der Waals surface area contributed by atoms with Crippen molar-refractivity contribution in [3.63, 3.8) is 0 Å². The number of aromatic nitrogens is 3. The maximum absolute atomic E-state index is 3.88. The van der Waals surface area contributed by atoms with Gasteiger partial charge in [0.25, 0.3) is 0 Å². The maximum atomic E-state index is 3.88. The van der Waals surface area contributed by atoms with Gasteiger partial charge < -0.3 is 0 Å². The summed E-state index contributed by atoms with van der Waals surface area (Å²) in [5.74, 6) is 0.785. The number of nitrogens with one attached hydrogen (secondary N) is 1. The van der Waals surface area contributed by atoms with Gasteiger partial charge in [0.2, 0.25) is 0 Å². The summed E-state index contributed by atoms with van der Waals surface area (Å²) in [4.78, 5) is 3.88. The Morgan fingerprint density at radius 1 is 1.88 bits per heavy atom. The molecule has 0 fully saturated rings. The molecule has 0 saturated heterocycles. The number of rotatable bonds is 2. The molecule has 43 valence electrons. The Kier molecular flexibility index (Phi) is 1.62. The van der Waals surface area contributed by atoms with Crippen molar-refractivity contribution in [2.24, 2.45) is 0 Å². The van der Waals surface area contributed by atoms with Crippen LogP contribution in [0.1, 0.15) is 19.2 Å². The third kappa shape index (κ3) is 1.05. The van der Waals surface area contributed by atoms with Gasteiger partial charge in [-0.15, -0.1) is 0 Å². The van der Waals surface area contributed by atoms with E-state index in [-0.39, 0.29) is 0 Å². The molecule has 0 atom stereocenters. The van der Waals surface area contributed by atoms with E-state index in [1.807, 2.05) is 6.42 Å². The van der Waals surface area contributed by atoms with Crippen LogP contribution in [0.4, 0.5) is 0 Å². The third-order valence-electron chi connectivity index (χ3n) is 0.820. The number of aromatic amines is 1. The number of hydrogen-bond acceptors (Lipinski definition) is 2. The molecule has 0 unspecified atom stereocenters. The van der Waals surface area contributed by atoms with Gasteiger partial charge in [0.15, 0.2) is 5.82 Å². The molecule has 8 heavy (non-hydrogen) atoms. The molecule has 1 radical (unpaired) electrons. The highest BCUT2D eigenvalue weighted by atomic mass is 15.2. The second-order valence-electron chi connectivity index (χ2n) is 1.47. The summed E-state index contributed by atoms with van der Waals surface area (Å²) < 4.78 is 0. The fourth-order valence-corrected chi connectivity index (χ4v) is 0.500. The zero-order valence-corrected chi connectivity index (χ0v) is 4.76. The van der Waals surface area contributed by atoms with Gasteiger partial charge in [-0.3, -0.25) is 5.10 Å². The van der Waals surface area contributed by atoms with Gasteiger partial charge in [0.1, 0.15) is 6.33 Å². The van der Waals surface area contributed by atoms with E-state index in [4.69, 9.17) is 0 Å². The van der Waals surface area contributed by atoms with Gasteiger partial charge in [-0.1, -0.05) is 6.92 Å². The quantitative estimate of drug-likeness (QED) is 0.610. The lowest BCUT2D eigenvalue weighted by Crippen LogP contribution is -1.81. The van der Waals surface area contributed by atoms with E-state index >= 15 is 0 Å². The highest BCUT2D eigenvalue weighted by molar-refractivity contribution is 4.95. The normalized spacial score (nSPS) is 9.62. The fraction of sp³-hybridized carbons (Fsp3) is 0.400. The number of hydrogen-bond donors (Lipinski definition) is 1. The van der Waals surface area contributed by atoms with E-state index < -0.39 is 0 Å². The molecule has 0 saturated carbocycles. The first-order valence-corrected chi connectivity index (χ1v) is 2.62. The standard InChI is InChI=1S/C5H8N3/c1-2-3-5-6-4-7-8-5/h3-4H,2H2,1H3,(H,6,7,8). The lowest BCUT2D eigenvalue weighted by atomic mass is 10.3. The van der Waals surface area contributed by atoms with Gasteiger partial charge in [0, 0.05) is 6.42 Å². The Morgan fingerprint density at radius 2 is 2.75 bits per heavy atom. The van der Waals surface area contributed by atoms with Crippen LogP contribution in [-0.2, 0) is 0 Å². The summed E-state index contributed by atoms with van der Waals surface area (Å²) in [6.07, 6.45) is 4.51. The summed E-state index contributed by atoms with van der Waals surface area (Å²) in [5, 5.41) is 6.44. The van der Waals surface area contributed by atoms with Gasteiger partial charge in [0.05, 0.1) is 0 Å². The van der Waals surface area contributed by atoms with Crippen LogP contribution in [0, 0.1) is 6.42 Å². The van der Waals surface area contributed by atoms with E-state index in [9.17, 15) is 0 Å². The minimum Gasteiger partial charge on any atom is -0.266 e. The van der Waals surface area contributed by atoms with Crippen molar-refractivity contribution in [1.82, 2.24) is 15.2 Å². The monoisotopic (exact) mass is 110 g/mol. The van der Waals surface area contributed by atoms with Crippen LogP contribution < -0.4 is 0 Å². The van der Waals surface area contributed by atoms with Crippen molar-refractivity contribution in [2.75, 3.05) is 0 Å². The molecule has 3 nitrogen and oxygen atoms in total. The second kappa shape index (κ2) is 2.45. The molecule has 0 aliphatic rings. The molecule has 0 aliphatic carbocycles. The van der Waals surface area contributed by atoms with E-state index in [0.717, 1.165) is 12.2 Å². The van der Waals surface area contributed by atoms with Crippen LogP contribution in [0.3, 0.4) is 0 Å².